The highest BCUT2D eigenvalue weighted by atomic mass is 35.5. The number of aromatic nitrogens is 2. The van der Waals surface area contributed by atoms with Gasteiger partial charge in [-0.05, 0) is 54.6 Å². The molecule has 4 fully saturated rings. The van der Waals surface area contributed by atoms with Gasteiger partial charge in [-0.3, -0.25) is 14.3 Å². The molecule has 1 aliphatic heterocycles. The summed E-state index contributed by atoms with van der Waals surface area (Å²) in [4.78, 5) is 26.3. The number of fused-ring (bicyclic) bond motifs is 1. The highest BCUT2D eigenvalue weighted by molar-refractivity contribution is 6.30. The summed E-state index contributed by atoms with van der Waals surface area (Å²) in [5.41, 5.74) is -0.584. The molecule has 0 spiro atoms. The number of halogens is 5. The quantitative estimate of drug-likeness (QED) is 0.610. The van der Waals surface area contributed by atoms with Gasteiger partial charge in [-0.15, -0.1) is 0 Å². The standard InChI is InChI=1S/C24H22ClF4N3O3/c25-11-2-1-10(16(26)5-11)8-32-17-9-31(4-3-12(17)22(30-32)24(27,28)29)18(33)7-14-13-6-15-19(14)20(15)21(13)23(34)35/h1-2,5,13-15,19-21H,3-4,6-9H2,(H,34,35)/t13-,14?,15?,19?,20?,21+/m0/s1. The molecule has 5 aliphatic rings. The molecular formula is C24H22ClF4N3O3. The van der Waals surface area contributed by atoms with Gasteiger partial charge in [0.1, 0.15) is 5.82 Å². The van der Waals surface area contributed by atoms with Crippen molar-refractivity contribution in [1.82, 2.24) is 14.7 Å². The van der Waals surface area contributed by atoms with Crippen molar-refractivity contribution in [1.29, 1.82) is 0 Å². The molecule has 0 radical (unpaired) electrons. The molecular weight excluding hydrogens is 490 g/mol. The van der Waals surface area contributed by atoms with Gasteiger partial charge in [0.05, 0.1) is 24.7 Å². The zero-order valence-corrected chi connectivity index (χ0v) is 19.2. The van der Waals surface area contributed by atoms with Crippen molar-refractivity contribution in [2.75, 3.05) is 6.54 Å². The zero-order valence-electron chi connectivity index (χ0n) is 18.4. The summed E-state index contributed by atoms with van der Waals surface area (Å²) in [7, 11) is 0. The molecule has 35 heavy (non-hydrogen) atoms. The number of benzene rings is 1. The van der Waals surface area contributed by atoms with E-state index in [4.69, 9.17) is 11.6 Å². The number of nitrogens with zero attached hydrogens (tertiary/aromatic N) is 3. The lowest BCUT2D eigenvalue weighted by atomic mass is 9.88. The van der Waals surface area contributed by atoms with Crippen molar-refractivity contribution in [3.8, 4) is 0 Å². The van der Waals surface area contributed by atoms with Gasteiger partial charge in [0.2, 0.25) is 5.91 Å². The molecule has 4 aliphatic carbocycles. The van der Waals surface area contributed by atoms with Gasteiger partial charge in [-0.2, -0.15) is 18.3 Å². The Morgan fingerprint density at radius 1 is 1.20 bits per heavy atom. The lowest BCUT2D eigenvalue weighted by Crippen LogP contribution is -2.38. The van der Waals surface area contributed by atoms with Crippen LogP contribution in [-0.4, -0.2) is 38.2 Å². The highest BCUT2D eigenvalue weighted by Gasteiger charge is 2.75. The van der Waals surface area contributed by atoms with Crippen LogP contribution in [0.15, 0.2) is 18.2 Å². The minimum Gasteiger partial charge on any atom is -0.481 e. The molecule has 0 saturated heterocycles. The van der Waals surface area contributed by atoms with E-state index in [0.29, 0.717) is 5.92 Å². The van der Waals surface area contributed by atoms with Crippen LogP contribution in [0.25, 0.3) is 0 Å². The summed E-state index contributed by atoms with van der Waals surface area (Å²) in [6.45, 7) is -0.142. The van der Waals surface area contributed by atoms with E-state index in [1.165, 1.54) is 17.0 Å². The Hall–Kier alpha value is -2.62. The molecule has 6 atom stereocenters. The number of aliphatic carboxylic acids is 1. The van der Waals surface area contributed by atoms with Crippen LogP contribution in [0.1, 0.15) is 35.4 Å². The van der Waals surface area contributed by atoms with Crippen molar-refractivity contribution in [3.05, 3.63) is 51.6 Å². The van der Waals surface area contributed by atoms with Crippen molar-refractivity contribution in [2.45, 2.75) is 38.5 Å². The summed E-state index contributed by atoms with van der Waals surface area (Å²) in [6, 6.07) is 3.95. The second-order valence-electron chi connectivity index (χ2n) is 10.2. The minimum absolute atomic E-state index is 0.000455. The average Bonchev–Trinajstić information content (AvgIpc) is 3.14. The molecule has 6 nitrogen and oxygen atoms in total. The van der Waals surface area contributed by atoms with Gasteiger partial charge < -0.3 is 10.0 Å². The van der Waals surface area contributed by atoms with Gasteiger partial charge in [-0.1, -0.05) is 17.7 Å². The van der Waals surface area contributed by atoms with Crippen molar-refractivity contribution >= 4 is 23.5 Å². The first-order chi connectivity index (χ1) is 16.5. The van der Waals surface area contributed by atoms with Gasteiger partial charge in [-0.25, -0.2) is 4.39 Å². The number of amides is 1. The van der Waals surface area contributed by atoms with Crippen LogP contribution >= 0.6 is 11.6 Å². The Balaban J connectivity index is 1.24. The Kier molecular flexibility index (Phi) is 5.01. The van der Waals surface area contributed by atoms with Crippen LogP contribution in [0.4, 0.5) is 17.6 Å². The smallest absolute Gasteiger partial charge is 0.435 e. The number of rotatable bonds is 5. The third-order valence-corrected chi connectivity index (χ3v) is 8.78. The normalized spacial score (nSPS) is 30.5. The summed E-state index contributed by atoms with van der Waals surface area (Å²) in [6.07, 6.45) is -3.60. The third-order valence-electron chi connectivity index (χ3n) is 8.55. The van der Waals surface area contributed by atoms with Crippen molar-refractivity contribution in [3.63, 3.8) is 0 Å². The Labute approximate surface area is 202 Å². The molecule has 1 N–H and O–H groups in total. The summed E-state index contributed by atoms with van der Waals surface area (Å²) in [5, 5.41) is 13.5. The Morgan fingerprint density at radius 2 is 1.97 bits per heavy atom. The van der Waals surface area contributed by atoms with Crippen molar-refractivity contribution in [2.24, 2.45) is 35.5 Å². The first-order valence-corrected chi connectivity index (χ1v) is 12.0. The second kappa shape index (κ2) is 7.69. The molecule has 4 bridgehead atoms. The fourth-order valence-corrected chi connectivity index (χ4v) is 7.31. The van der Waals surface area contributed by atoms with Gasteiger partial charge >= 0.3 is 12.1 Å². The predicted molar refractivity (Wildman–Crippen MR) is 115 cm³/mol. The fourth-order valence-electron chi connectivity index (χ4n) is 7.15. The first-order valence-electron chi connectivity index (χ1n) is 11.6. The van der Waals surface area contributed by atoms with Crippen molar-refractivity contribution < 1.29 is 32.3 Å². The van der Waals surface area contributed by atoms with Crippen LogP contribution in [-0.2, 0) is 35.3 Å². The molecule has 4 saturated carbocycles. The number of carbonyl (C=O) groups is 2. The monoisotopic (exact) mass is 511 g/mol. The number of hydrogen-bond acceptors (Lipinski definition) is 3. The van der Waals surface area contributed by atoms with E-state index < -0.39 is 23.7 Å². The highest BCUT2D eigenvalue weighted by Crippen LogP contribution is 2.76. The van der Waals surface area contributed by atoms with Crippen LogP contribution in [0.2, 0.25) is 5.02 Å². The van der Waals surface area contributed by atoms with E-state index in [-0.39, 0.29) is 89.8 Å². The Morgan fingerprint density at radius 3 is 2.60 bits per heavy atom. The summed E-state index contributed by atoms with van der Waals surface area (Å²) >= 11 is 5.79. The number of carboxylic acids is 1. The Bertz CT molecular complexity index is 1250. The fraction of sp³-hybridized carbons (Fsp3) is 0.542. The van der Waals surface area contributed by atoms with E-state index in [2.05, 4.69) is 5.10 Å². The minimum atomic E-state index is -4.67. The van der Waals surface area contributed by atoms with Gasteiger partial charge in [0, 0.05) is 29.1 Å². The molecule has 186 valence electrons. The zero-order chi connectivity index (χ0) is 24.8. The number of carboxylic acid groups (broad SMARTS) is 1. The molecule has 1 amide bonds. The van der Waals surface area contributed by atoms with E-state index in [1.54, 1.807) is 0 Å². The molecule has 2 aromatic rings. The molecule has 1 aromatic carbocycles. The SMILES string of the molecule is O=C(O)[C@H]1C2C3C[C@H]1C(CC(=O)N1CCc4c(C(F)(F)F)nn(Cc5ccc(Cl)cc5F)c4C1)C32. The van der Waals surface area contributed by atoms with Crippen LogP contribution < -0.4 is 0 Å². The molecule has 4 unspecified atom stereocenters. The molecule has 2 heterocycles. The number of alkyl halides is 3. The first kappa shape index (κ1) is 22.8. The lowest BCUT2D eigenvalue weighted by molar-refractivity contribution is -0.144. The lowest BCUT2D eigenvalue weighted by Gasteiger charge is -2.30. The topological polar surface area (TPSA) is 75.4 Å². The molecule has 1 aromatic heterocycles. The van der Waals surface area contributed by atoms with E-state index in [9.17, 15) is 32.3 Å². The summed E-state index contributed by atoms with van der Waals surface area (Å²) < 4.78 is 56.6. The van der Waals surface area contributed by atoms with E-state index in [0.717, 1.165) is 17.2 Å². The van der Waals surface area contributed by atoms with Crippen LogP contribution in [0, 0.1) is 41.3 Å². The van der Waals surface area contributed by atoms with Crippen LogP contribution in [0.3, 0.4) is 0 Å². The largest absolute Gasteiger partial charge is 0.481 e. The van der Waals surface area contributed by atoms with E-state index in [1.807, 2.05) is 0 Å². The van der Waals surface area contributed by atoms with Gasteiger partial charge in [0.15, 0.2) is 5.69 Å². The average molecular weight is 512 g/mol. The van der Waals surface area contributed by atoms with E-state index >= 15 is 0 Å². The maximum Gasteiger partial charge on any atom is 0.435 e. The third kappa shape index (κ3) is 3.55. The maximum atomic E-state index is 14.4. The van der Waals surface area contributed by atoms with Gasteiger partial charge in [0.25, 0.3) is 0 Å². The summed E-state index contributed by atoms with van der Waals surface area (Å²) in [5.74, 6) is -1.11. The second-order valence-corrected chi connectivity index (χ2v) is 10.6. The maximum absolute atomic E-state index is 14.4. The molecule has 7 rings (SSSR count). The predicted octanol–water partition coefficient (Wildman–Crippen LogP) is 4.23. The molecule has 11 heteroatoms. The number of carbonyl (C=O) groups excluding carboxylic acids is 1. The van der Waals surface area contributed by atoms with Crippen LogP contribution in [0.5, 0.6) is 0 Å². The number of hydrogen-bond donors (Lipinski definition) is 1.